The third kappa shape index (κ3) is 3.42. The number of nitrogens with two attached hydrogens (primary N) is 1. The van der Waals surface area contributed by atoms with E-state index in [-0.39, 0.29) is 18.0 Å². The molecule has 2 aromatic heterocycles. The van der Waals surface area contributed by atoms with Crippen molar-refractivity contribution < 1.29 is 4.52 Å². The van der Waals surface area contributed by atoms with Gasteiger partial charge in [-0.1, -0.05) is 19.0 Å². The standard InChI is InChI=1S/C15H22N6O2/c1-10(2)15-18-13(23-19-15)9-21-14(22)5-12(7-17-21)20-4-3-11(6-16)8-20/h5,7,10-11H,3-4,6,8-9,16H2,1-2H3/t11-/m0/s1. The highest BCUT2D eigenvalue weighted by Crippen LogP contribution is 2.21. The molecule has 8 heteroatoms. The molecule has 3 heterocycles. The van der Waals surface area contributed by atoms with Crippen molar-refractivity contribution in [2.75, 3.05) is 24.5 Å². The quantitative estimate of drug-likeness (QED) is 0.860. The van der Waals surface area contributed by atoms with Crippen LogP contribution in [0.4, 0.5) is 5.69 Å². The van der Waals surface area contributed by atoms with Crippen molar-refractivity contribution in [1.29, 1.82) is 0 Å². The van der Waals surface area contributed by atoms with Crippen LogP contribution >= 0.6 is 0 Å². The molecule has 1 aliphatic heterocycles. The Labute approximate surface area is 134 Å². The summed E-state index contributed by atoms with van der Waals surface area (Å²) < 4.78 is 6.49. The summed E-state index contributed by atoms with van der Waals surface area (Å²) >= 11 is 0. The van der Waals surface area contributed by atoms with Gasteiger partial charge in [0.1, 0.15) is 6.54 Å². The molecule has 2 aromatic rings. The molecule has 2 N–H and O–H groups in total. The molecule has 0 aliphatic carbocycles. The predicted octanol–water partition coefficient (Wildman–Crippen LogP) is 0.583. The molecule has 1 fully saturated rings. The lowest BCUT2D eigenvalue weighted by Crippen LogP contribution is -2.27. The SMILES string of the molecule is CC(C)c1noc(Cn2ncc(N3CC[C@@H](CN)C3)cc2=O)n1. The van der Waals surface area contributed by atoms with Crippen LogP contribution in [0.1, 0.15) is 37.9 Å². The minimum atomic E-state index is -0.178. The van der Waals surface area contributed by atoms with Crippen LogP contribution in [0.5, 0.6) is 0 Å². The van der Waals surface area contributed by atoms with Crippen LogP contribution in [0, 0.1) is 5.92 Å². The zero-order chi connectivity index (χ0) is 16.4. The average molecular weight is 318 g/mol. The van der Waals surface area contributed by atoms with Gasteiger partial charge in [-0.3, -0.25) is 4.79 Å². The normalized spacial score (nSPS) is 18.1. The van der Waals surface area contributed by atoms with Crippen LogP contribution < -0.4 is 16.2 Å². The van der Waals surface area contributed by atoms with Gasteiger partial charge in [-0.15, -0.1) is 0 Å². The summed E-state index contributed by atoms with van der Waals surface area (Å²) in [6, 6.07) is 1.60. The Morgan fingerprint density at radius 1 is 1.48 bits per heavy atom. The molecular weight excluding hydrogens is 296 g/mol. The Morgan fingerprint density at radius 3 is 2.91 bits per heavy atom. The van der Waals surface area contributed by atoms with E-state index in [0.717, 1.165) is 25.2 Å². The molecule has 1 saturated heterocycles. The second-order valence-electron chi connectivity index (χ2n) is 6.25. The van der Waals surface area contributed by atoms with Crippen molar-refractivity contribution in [1.82, 2.24) is 19.9 Å². The van der Waals surface area contributed by atoms with Gasteiger partial charge in [0.15, 0.2) is 5.82 Å². The minimum absolute atomic E-state index is 0.178. The fraction of sp³-hybridized carbons (Fsp3) is 0.600. The van der Waals surface area contributed by atoms with E-state index in [2.05, 4.69) is 20.1 Å². The first-order chi connectivity index (χ1) is 11.1. The highest BCUT2D eigenvalue weighted by molar-refractivity contribution is 5.44. The maximum absolute atomic E-state index is 12.3. The summed E-state index contributed by atoms with van der Waals surface area (Å²) in [6.07, 6.45) is 2.76. The van der Waals surface area contributed by atoms with Crippen molar-refractivity contribution in [2.45, 2.75) is 32.7 Å². The maximum atomic E-state index is 12.3. The lowest BCUT2D eigenvalue weighted by Gasteiger charge is -2.17. The van der Waals surface area contributed by atoms with Gasteiger partial charge in [-0.25, -0.2) is 4.68 Å². The van der Waals surface area contributed by atoms with E-state index in [0.29, 0.717) is 24.2 Å². The third-order valence-corrected chi connectivity index (χ3v) is 4.12. The van der Waals surface area contributed by atoms with Crippen LogP contribution in [-0.2, 0) is 6.54 Å². The van der Waals surface area contributed by atoms with Crippen LogP contribution in [0.2, 0.25) is 0 Å². The summed E-state index contributed by atoms with van der Waals surface area (Å²) in [5, 5.41) is 8.12. The Kier molecular flexibility index (Phi) is 4.42. The molecule has 124 valence electrons. The van der Waals surface area contributed by atoms with Crippen molar-refractivity contribution in [3.05, 3.63) is 34.3 Å². The fourth-order valence-electron chi connectivity index (χ4n) is 2.67. The van der Waals surface area contributed by atoms with Crippen molar-refractivity contribution in [2.24, 2.45) is 11.7 Å². The molecule has 0 amide bonds. The lowest BCUT2D eigenvalue weighted by atomic mass is 10.1. The van der Waals surface area contributed by atoms with Gasteiger partial charge in [0.25, 0.3) is 5.56 Å². The number of hydrogen-bond acceptors (Lipinski definition) is 7. The van der Waals surface area contributed by atoms with E-state index in [1.165, 1.54) is 4.68 Å². The molecule has 0 spiro atoms. The van der Waals surface area contributed by atoms with Crippen molar-refractivity contribution in [3.63, 3.8) is 0 Å². The number of nitrogens with zero attached hydrogens (tertiary/aromatic N) is 5. The summed E-state index contributed by atoms with van der Waals surface area (Å²) in [6.45, 7) is 6.62. The van der Waals surface area contributed by atoms with Gasteiger partial charge < -0.3 is 15.2 Å². The molecule has 23 heavy (non-hydrogen) atoms. The first-order valence-electron chi connectivity index (χ1n) is 7.91. The second kappa shape index (κ2) is 6.49. The van der Waals surface area contributed by atoms with Gasteiger partial charge in [-0.2, -0.15) is 10.1 Å². The first kappa shape index (κ1) is 15.7. The topological polar surface area (TPSA) is 103 Å². The first-order valence-corrected chi connectivity index (χ1v) is 7.91. The van der Waals surface area contributed by atoms with E-state index in [9.17, 15) is 4.79 Å². The molecule has 0 unspecified atom stereocenters. The van der Waals surface area contributed by atoms with Crippen molar-refractivity contribution in [3.8, 4) is 0 Å². The van der Waals surface area contributed by atoms with Crippen LogP contribution in [0.15, 0.2) is 21.6 Å². The molecule has 0 bridgehead atoms. The zero-order valence-electron chi connectivity index (χ0n) is 13.5. The molecule has 1 atom stereocenters. The smallest absolute Gasteiger partial charge is 0.269 e. The molecule has 0 radical (unpaired) electrons. The lowest BCUT2D eigenvalue weighted by molar-refractivity contribution is 0.357. The molecule has 0 aromatic carbocycles. The Balaban J connectivity index is 1.73. The predicted molar refractivity (Wildman–Crippen MR) is 85.4 cm³/mol. The second-order valence-corrected chi connectivity index (χ2v) is 6.25. The number of hydrogen-bond donors (Lipinski definition) is 1. The monoisotopic (exact) mass is 318 g/mol. The van der Waals surface area contributed by atoms with Gasteiger partial charge in [0.2, 0.25) is 5.89 Å². The average Bonchev–Trinajstić information content (AvgIpc) is 3.18. The highest BCUT2D eigenvalue weighted by Gasteiger charge is 2.22. The molecule has 1 aliphatic rings. The number of rotatable bonds is 5. The van der Waals surface area contributed by atoms with Crippen LogP contribution in [0.25, 0.3) is 0 Å². The summed E-state index contributed by atoms with van der Waals surface area (Å²) in [7, 11) is 0. The number of anilines is 1. The molecular formula is C15H22N6O2. The maximum Gasteiger partial charge on any atom is 0.269 e. The summed E-state index contributed by atoms with van der Waals surface area (Å²) in [5.74, 6) is 1.70. The van der Waals surface area contributed by atoms with Gasteiger partial charge in [0, 0.05) is 25.1 Å². The molecule has 3 rings (SSSR count). The number of aromatic nitrogens is 4. The summed E-state index contributed by atoms with van der Waals surface area (Å²) in [5.41, 5.74) is 6.37. The minimum Gasteiger partial charge on any atom is -0.370 e. The highest BCUT2D eigenvalue weighted by atomic mass is 16.5. The van der Waals surface area contributed by atoms with E-state index >= 15 is 0 Å². The molecule has 0 saturated carbocycles. The third-order valence-electron chi connectivity index (χ3n) is 4.12. The van der Waals surface area contributed by atoms with Crippen molar-refractivity contribution >= 4 is 5.69 Å². The van der Waals surface area contributed by atoms with Crippen LogP contribution in [0.3, 0.4) is 0 Å². The molecule has 8 nitrogen and oxygen atoms in total. The Morgan fingerprint density at radius 2 is 2.30 bits per heavy atom. The fourth-order valence-corrected chi connectivity index (χ4v) is 2.67. The van der Waals surface area contributed by atoms with Gasteiger partial charge in [0.05, 0.1) is 11.9 Å². The Bertz CT molecular complexity index is 723. The van der Waals surface area contributed by atoms with Crippen LogP contribution in [-0.4, -0.2) is 39.6 Å². The van der Waals surface area contributed by atoms with E-state index < -0.39 is 0 Å². The van der Waals surface area contributed by atoms with Gasteiger partial charge in [-0.05, 0) is 18.9 Å². The Hall–Kier alpha value is -2.22. The zero-order valence-corrected chi connectivity index (χ0v) is 13.5. The largest absolute Gasteiger partial charge is 0.370 e. The summed E-state index contributed by atoms with van der Waals surface area (Å²) in [4.78, 5) is 18.7. The van der Waals surface area contributed by atoms with E-state index in [4.69, 9.17) is 10.3 Å². The van der Waals surface area contributed by atoms with E-state index in [1.54, 1.807) is 12.3 Å². The van der Waals surface area contributed by atoms with Gasteiger partial charge >= 0.3 is 0 Å². The van der Waals surface area contributed by atoms with E-state index in [1.807, 2.05) is 13.8 Å².